The largest absolute Gasteiger partial charge is 1.00 e. The number of hydrogen-bond acceptors (Lipinski definition) is 7. The van der Waals surface area contributed by atoms with Gasteiger partial charge in [0.1, 0.15) is 0 Å². The van der Waals surface area contributed by atoms with Crippen LogP contribution in [0.5, 0.6) is 0 Å². The molecule has 0 aromatic rings. The fraction of sp³-hybridized carbons (Fsp3) is 0.667. The van der Waals surface area contributed by atoms with Gasteiger partial charge in [0.05, 0.1) is 6.61 Å². The number of aliphatic carboxylic acids is 1. The van der Waals surface area contributed by atoms with Gasteiger partial charge in [0.15, 0.2) is 6.10 Å². The smallest absolute Gasteiger partial charge is 1.00 e. The number of rotatable bonds is 6. The van der Waals surface area contributed by atoms with Crippen molar-refractivity contribution >= 4 is 22.1 Å². The van der Waals surface area contributed by atoms with Crippen molar-refractivity contribution in [3.05, 3.63) is 0 Å². The van der Waals surface area contributed by atoms with Crippen LogP contribution >= 0.6 is 0 Å². The van der Waals surface area contributed by atoms with Crippen LogP contribution in [0.2, 0.25) is 0 Å². The molecule has 100 valence electrons. The predicted octanol–water partition coefficient (Wildman–Crippen LogP) is -10.5. The van der Waals surface area contributed by atoms with Crippen LogP contribution in [0.25, 0.3) is 0 Å². The van der Waals surface area contributed by atoms with E-state index in [9.17, 15) is 18.0 Å². The van der Waals surface area contributed by atoms with Crippen molar-refractivity contribution in [3.63, 3.8) is 0 Å². The number of carbonyl (C=O) groups is 2. The second-order valence-electron chi connectivity index (χ2n) is 2.53. The quantitative estimate of drug-likeness (QED) is 0.187. The van der Waals surface area contributed by atoms with Gasteiger partial charge >= 0.3 is 101 Å². The van der Waals surface area contributed by atoms with Gasteiger partial charge in [0.2, 0.25) is 5.25 Å². The minimum atomic E-state index is -5.14. The maximum absolute atomic E-state index is 10.9. The fourth-order valence-electron chi connectivity index (χ4n) is 0.715. The van der Waals surface area contributed by atoms with Gasteiger partial charge < -0.3 is 14.5 Å². The van der Waals surface area contributed by atoms with Crippen LogP contribution in [-0.4, -0.2) is 53.1 Å². The van der Waals surface area contributed by atoms with Crippen LogP contribution in [0.3, 0.4) is 0 Å². The van der Waals surface area contributed by atoms with Gasteiger partial charge in [-0.25, -0.2) is 4.79 Å². The molecule has 0 bridgehead atoms. The Morgan fingerprint density at radius 1 is 1.26 bits per heavy atom. The molecule has 2 unspecified atom stereocenters. The van der Waals surface area contributed by atoms with Crippen molar-refractivity contribution in [2.24, 2.45) is 0 Å². The number of aliphatic hydroxyl groups excluding tert-OH is 1. The SMILES string of the molecule is CCOOC(=O)C(O)C(C(=O)O)S(=O)(=O)O.[H-].[H-].[H-].[Na+].[Na+].[Na+]. The Balaban J connectivity index is -0.0000000750. The van der Waals surface area contributed by atoms with E-state index < -0.39 is 33.4 Å². The van der Waals surface area contributed by atoms with Crippen LogP contribution in [0.1, 0.15) is 11.2 Å². The molecule has 3 N–H and O–H groups in total. The molecular weight excluding hydrogens is 317 g/mol. The molecule has 0 fully saturated rings. The van der Waals surface area contributed by atoms with Gasteiger partial charge in [-0.2, -0.15) is 13.3 Å². The third kappa shape index (κ3) is 11.0. The van der Waals surface area contributed by atoms with Crippen LogP contribution in [0, 0.1) is 0 Å². The minimum absolute atomic E-state index is 0. The Hall–Kier alpha value is 1.77. The summed E-state index contributed by atoms with van der Waals surface area (Å²) in [6, 6.07) is 0. The van der Waals surface area contributed by atoms with E-state index in [-0.39, 0.29) is 99.6 Å². The van der Waals surface area contributed by atoms with Crippen molar-refractivity contribution in [1.82, 2.24) is 0 Å². The van der Waals surface area contributed by atoms with Gasteiger partial charge in [-0.15, -0.1) is 0 Å². The summed E-state index contributed by atoms with van der Waals surface area (Å²) in [5, 5.41) is 14.7. The molecular formula is C6H13Na3O9S. The second kappa shape index (κ2) is 13.4. The Morgan fingerprint density at radius 2 is 1.68 bits per heavy atom. The fourth-order valence-corrected chi connectivity index (χ4v) is 1.41. The first kappa shape index (κ1) is 28.9. The molecule has 0 aliphatic heterocycles. The molecule has 0 aromatic heterocycles. The molecule has 0 aliphatic rings. The van der Waals surface area contributed by atoms with E-state index in [2.05, 4.69) is 9.78 Å². The van der Waals surface area contributed by atoms with Crippen molar-refractivity contribution in [1.29, 1.82) is 0 Å². The molecule has 0 saturated carbocycles. The van der Waals surface area contributed by atoms with E-state index in [0.717, 1.165) is 0 Å². The Kier molecular flexibility index (Phi) is 20.4. The zero-order valence-electron chi connectivity index (χ0n) is 14.1. The van der Waals surface area contributed by atoms with E-state index in [0.29, 0.717) is 0 Å². The summed E-state index contributed by atoms with van der Waals surface area (Å²) in [7, 11) is -5.14. The van der Waals surface area contributed by atoms with Crippen molar-refractivity contribution < 1.29 is 135 Å². The van der Waals surface area contributed by atoms with Crippen molar-refractivity contribution in [3.8, 4) is 0 Å². The standard InChI is InChI=1S/C6H10O9S.3Na.3H/c1-2-14-15-6(10)3(7)4(5(8)9)16(11,12)13;;;;;;/h3-4,7H,2H2,1H3,(H,8,9)(H,11,12,13);;;;;;/q;3*+1;3*-1. The molecule has 2 atom stereocenters. The molecule has 0 radical (unpaired) electrons. The van der Waals surface area contributed by atoms with E-state index in [4.69, 9.17) is 14.8 Å². The second-order valence-corrected chi connectivity index (χ2v) is 4.07. The molecule has 0 aromatic carbocycles. The summed E-state index contributed by atoms with van der Waals surface area (Å²) in [6.07, 6.45) is -2.58. The van der Waals surface area contributed by atoms with Crippen LogP contribution in [-0.2, 0) is 29.5 Å². The Morgan fingerprint density at radius 3 is 1.95 bits per heavy atom. The van der Waals surface area contributed by atoms with Gasteiger partial charge in [-0.05, 0) is 6.92 Å². The average molecular weight is 330 g/mol. The van der Waals surface area contributed by atoms with E-state index in [1.807, 2.05) is 0 Å². The van der Waals surface area contributed by atoms with Gasteiger partial charge in [-0.3, -0.25) is 14.2 Å². The zero-order valence-corrected chi connectivity index (χ0v) is 17.9. The summed E-state index contributed by atoms with van der Waals surface area (Å²) in [5.41, 5.74) is 0. The Bertz CT molecular complexity index is 383. The molecule has 19 heavy (non-hydrogen) atoms. The first-order valence-corrected chi connectivity index (χ1v) is 5.42. The van der Waals surface area contributed by atoms with Crippen molar-refractivity contribution in [2.45, 2.75) is 18.3 Å². The molecule has 0 rings (SSSR count). The third-order valence-corrected chi connectivity index (χ3v) is 2.45. The monoisotopic (exact) mass is 330 g/mol. The Labute approximate surface area is 180 Å². The first-order valence-electron chi connectivity index (χ1n) is 3.92. The summed E-state index contributed by atoms with van der Waals surface area (Å²) < 4.78 is 29.6. The summed E-state index contributed by atoms with van der Waals surface area (Å²) in [4.78, 5) is 29.2. The van der Waals surface area contributed by atoms with E-state index in [1.54, 1.807) is 0 Å². The molecule has 0 saturated heterocycles. The molecule has 0 heterocycles. The number of carbonyl (C=O) groups excluding carboxylic acids is 1. The maximum atomic E-state index is 10.9. The molecule has 0 spiro atoms. The van der Waals surface area contributed by atoms with Gasteiger partial charge in [0.25, 0.3) is 10.1 Å². The number of aliphatic hydroxyl groups is 1. The topological polar surface area (TPSA) is 147 Å². The van der Waals surface area contributed by atoms with Crippen LogP contribution < -0.4 is 88.7 Å². The normalized spacial score (nSPS) is 12.8. The zero-order chi connectivity index (χ0) is 12.9. The predicted molar refractivity (Wildman–Crippen MR) is 50.0 cm³/mol. The van der Waals surface area contributed by atoms with Crippen LogP contribution in [0.4, 0.5) is 0 Å². The number of carboxylic acid groups (broad SMARTS) is 1. The van der Waals surface area contributed by atoms with E-state index >= 15 is 0 Å². The number of hydrogen-bond donors (Lipinski definition) is 3. The first-order chi connectivity index (χ1) is 7.21. The van der Waals surface area contributed by atoms with Crippen molar-refractivity contribution in [2.75, 3.05) is 6.61 Å². The summed E-state index contributed by atoms with van der Waals surface area (Å²) in [6.45, 7) is 1.35. The van der Waals surface area contributed by atoms with Gasteiger partial charge in [-0.1, -0.05) is 0 Å². The molecule has 0 amide bonds. The maximum Gasteiger partial charge on any atom is 1.00 e. The number of carboxylic acids is 1. The average Bonchev–Trinajstić information content (AvgIpc) is 2.10. The van der Waals surface area contributed by atoms with Gasteiger partial charge in [0, 0.05) is 0 Å². The molecule has 9 nitrogen and oxygen atoms in total. The van der Waals surface area contributed by atoms with Crippen LogP contribution in [0.15, 0.2) is 0 Å². The summed E-state index contributed by atoms with van der Waals surface area (Å²) >= 11 is 0. The summed E-state index contributed by atoms with van der Waals surface area (Å²) in [5.74, 6) is -3.73. The van der Waals surface area contributed by atoms with E-state index in [1.165, 1.54) is 6.92 Å². The third-order valence-electron chi connectivity index (χ3n) is 1.35. The minimum Gasteiger partial charge on any atom is -1.00 e. The molecule has 0 aliphatic carbocycles. The molecule has 13 heteroatoms.